The Morgan fingerprint density at radius 1 is 1.33 bits per heavy atom. The van der Waals surface area contributed by atoms with Crippen LogP contribution in [0.1, 0.15) is 38.9 Å². The minimum Gasteiger partial charge on any atom is -0.457 e. The molecule has 0 spiro atoms. The highest BCUT2D eigenvalue weighted by molar-refractivity contribution is 5.66. The SMILES string of the molecule is CCC(C)C(OC(C)=O)c1ccccc1. The summed E-state index contributed by atoms with van der Waals surface area (Å²) in [5.41, 5.74) is 1.07. The van der Waals surface area contributed by atoms with Crippen LogP contribution in [0.15, 0.2) is 30.3 Å². The Hall–Kier alpha value is -1.31. The van der Waals surface area contributed by atoms with E-state index in [9.17, 15) is 4.79 Å². The van der Waals surface area contributed by atoms with Crippen LogP contribution in [0.2, 0.25) is 0 Å². The van der Waals surface area contributed by atoms with Gasteiger partial charge in [0.15, 0.2) is 0 Å². The fourth-order valence-corrected chi connectivity index (χ4v) is 1.55. The maximum Gasteiger partial charge on any atom is 0.303 e. The molecule has 0 aliphatic carbocycles. The van der Waals surface area contributed by atoms with Gasteiger partial charge in [-0.25, -0.2) is 0 Å². The highest BCUT2D eigenvalue weighted by Crippen LogP contribution is 2.27. The Labute approximate surface area is 91.3 Å². The minimum atomic E-state index is -0.218. The van der Waals surface area contributed by atoms with Crippen LogP contribution in [0.4, 0.5) is 0 Å². The Balaban J connectivity index is 2.86. The summed E-state index contributed by atoms with van der Waals surface area (Å²) in [6.07, 6.45) is 0.876. The van der Waals surface area contributed by atoms with Crippen molar-refractivity contribution in [1.82, 2.24) is 0 Å². The average Bonchev–Trinajstić information content (AvgIpc) is 2.26. The quantitative estimate of drug-likeness (QED) is 0.706. The molecule has 0 saturated carbocycles. The second-order valence-electron chi connectivity index (χ2n) is 3.83. The third-order valence-corrected chi connectivity index (χ3v) is 2.58. The lowest BCUT2D eigenvalue weighted by Crippen LogP contribution is -2.15. The van der Waals surface area contributed by atoms with Gasteiger partial charge in [0.25, 0.3) is 0 Å². The van der Waals surface area contributed by atoms with Crippen molar-refractivity contribution in [3.8, 4) is 0 Å². The zero-order valence-electron chi connectivity index (χ0n) is 9.57. The van der Waals surface area contributed by atoms with Crippen molar-refractivity contribution in [2.75, 3.05) is 0 Å². The van der Waals surface area contributed by atoms with E-state index in [1.165, 1.54) is 6.92 Å². The van der Waals surface area contributed by atoms with Gasteiger partial charge < -0.3 is 4.74 Å². The predicted molar refractivity (Wildman–Crippen MR) is 60.4 cm³/mol. The molecule has 0 saturated heterocycles. The van der Waals surface area contributed by atoms with Gasteiger partial charge in [0.1, 0.15) is 6.10 Å². The van der Waals surface area contributed by atoms with E-state index in [-0.39, 0.29) is 12.1 Å². The Kier molecular flexibility index (Phi) is 4.35. The lowest BCUT2D eigenvalue weighted by molar-refractivity contribution is -0.149. The summed E-state index contributed by atoms with van der Waals surface area (Å²) in [7, 11) is 0. The van der Waals surface area contributed by atoms with E-state index in [0.29, 0.717) is 5.92 Å². The molecule has 2 nitrogen and oxygen atoms in total. The van der Waals surface area contributed by atoms with Crippen molar-refractivity contribution >= 4 is 5.97 Å². The van der Waals surface area contributed by atoms with Crippen LogP contribution in [-0.2, 0) is 9.53 Å². The van der Waals surface area contributed by atoms with Gasteiger partial charge in [-0.05, 0) is 17.9 Å². The molecule has 82 valence electrons. The van der Waals surface area contributed by atoms with Crippen LogP contribution in [0.5, 0.6) is 0 Å². The number of carbonyl (C=O) groups excluding carboxylic acids is 1. The fraction of sp³-hybridized carbons (Fsp3) is 0.462. The van der Waals surface area contributed by atoms with Gasteiger partial charge in [-0.2, -0.15) is 0 Å². The molecule has 1 aromatic carbocycles. The average molecular weight is 206 g/mol. The van der Waals surface area contributed by atoms with Crippen molar-refractivity contribution in [2.24, 2.45) is 5.92 Å². The van der Waals surface area contributed by atoms with Crippen LogP contribution in [-0.4, -0.2) is 5.97 Å². The molecule has 0 fully saturated rings. The van der Waals surface area contributed by atoms with E-state index >= 15 is 0 Å². The molecule has 0 amide bonds. The lowest BCUT2D eigenvalue weighted by Gasteiger charge is -2.22. The molecular formula is C13H18O2. The molecular weight excluding hydrogens is 188 g/mol. The topological polar surface area (TPSA) is 26.3 Å². The van der Waals surface area contributed by atoms with Gasteiger partial charge in [0.2, 0.25) is 0 Å². The van der Waals surface area contributed by atoms with Crippen molar-refractivity contribution in [2.45, 2.75) is 33.3 Å². The largest absolute Gasteiger partial charge is 0.457 e. The normalized spacial score (nSPS) is 14.3. The minimum absolute atomic E-state index is 0.117. The molecule has 1 rings (SSSR count). The van der Waals surface area contributed by atoms with Crippen molar-refractivity contribution in [3.05, 3.63) is 35.9 Å². The molecule has 0 aromatic heterocycles. The highest BCUT2D eigenvalue weighted by atomic mass is 16.5. The smallest absolute Gasteiger partial charge is 0.303 e. The summed E-state index contributed by atoms with van der Waals surface area (Å²) in [6, 6.07) is 9.90. The summed E-state index contributed by atoms with van der Waals surface area (Å²) in [5, 5.41) is 0. The summed E-state index contributed by atoms with van der Waals surface area (Å²) in [4.78, 5) is 11.0. The summed E-state index contributed by atoms with van der Waals surface area (Å²) < 4.78 is 5.35. The summed E-state index contributed by atoms with van der Waals surface area (Å²) in [6.45, 7) is 5.66. The first-order valence-corrected chi connectivity index (χ1v) is 5.37. The summed E-state index contributed by atoms with van der Waals surface area (Å²) in [5.74, 6) is 0.125. The number of carbonyl (C=O) groups is 1. The molecule has 2 unspecified atom stereocenters. The van der Waals surface area contributed by atoms with Crippen LogP contribution < -0.4 is 0 Å². The summed E-state index contributed by atoms with van der Waals surface area (Å²) >= 11 is 0. The van der Waals surface area contributed by atoms with E-state index in [4.69, 9.17) is 4.74 Å². The van der Waals surface area contributed by atoms with Crippen LogP contribution >= 0.6 is 0 Å². The van der Waals surface area contributed by atoms with Crippen molar-refractivity contribution in [3.63, 3.8) is 0 Å². The number of hydrogen-bond acceptors (Lipinski definition) is 2. The zero-order chi connectivity index (χ0) is 11.3. The fourth-order valence-electron chi connectivity index (χ4n) is 1.55. The molecule has 0 N–H and O–H groups in total. The third-order valence-electron chi connectivity index (χ3n) is 2.58. The van der Waals surface area contributed by atoms with Gasteiger partial charge >= 0.3 is 5.97 Å². The molecule has 0 aliphatic rings. The Morgan fingerprint density at radius 2 is 1.93 bits per heavy atom. The molecule has 0 heterocycles. The second-order valence-corrected chi connectivity index (χ2v) is 3.83. The lowest BCUT2D eigenvalue weighted by atomic mass is 9.95. The number of rotatable bonds is 4. The number of esters is 1. The predicted octanol–water partition coefficient (Wildman–Crippen LogP) is 3.34. The van der Waals surface area contributed by atoms with Crippen molar-refractivity contribution < 1.29 is 9.53 Å². The number of ether oxygens (including phenoxy) is 1. The standard InChI is InChI=1S/C13H18O2/c1-4-10(2)13(15-11(3)14)12-8-6-5-7-9-12/h5-10,13H,4H2,1-3H3. The van der Waals surface area contributed by atoms with Crippen molar-refractivity contribution in [1.29, 1.82) is 0 Å². The van der Waals surface area contributed by atoms with E-state index in [2.05, 4.69) is 13.8 Å². The van der Waals surface area contributed by atoms with Gasteiger partial charge in [0.05, 0.1) is 0 Å². The van der Waals surface area contributed by atoms with Gasteiger partial charge in [-0.1, -0.05) is 44.2 Å². The Morgan fingerprint density at radius 3 is 2.40 bits per heavy atom. The third kappa shape index (κ3) is 3.39. The van der Waals surface area contributed by atoms with Gasteiger partial charge in [0, 0.05) is 6.92 Å². The maximum atomic E-state index is 11.0. The monoisotopic (exact) mass is 206 g/mol. The molecule has 0 bridgehead atoms. The van der Waals surface area contributed by atoms with E-state index in [1.54, 1.807) is 0 Å². The van der Waals surface area contributed by atoms with E-state index in [1.807, 2.05) is 30.3 Å². The second kappa shape index (κ2) is 5.54. The van der Waals surface area contributed by atoms with Crippen LogP contribution in [0, 0.1) is 5.92 Å². The highest BCUT2D eigenvalue weighted by Gasteiger charge is 2.20. The molecule has 1 aromatic rings. The van der Waals surface area contributed by atoms with Gasteiger partial charge in [-0.15, -0.1) is 0 Å². The molecule has 0 aliphatic heterocycles. The van der Waals surface area contributed by atoms with Crippen LogP contribution in [0.3, 0.4) is 0 Å². The number of hydrogen-bond donors (Lipinski definition) is 0. The van der Waals surface area contributed by atoms with E-state index < -0.39 is 0 Å². The van der Waals surface area contributed by atoms with E-state index in [0.717, 1.165) is 12.0 Å². The molecule has 15 heavy (non-hydrogen) atoms. The molecule has 2 heteroatoms. The first-order chi connectivity index (χ1) is 7.15. The zero-order valence-corrected chi connectivity index (χ0v) is 9.57. The Bertz CT molecular complexity index is 306. The van der Waals surface area contributed by atoms with Crippen LogP contribution in [0.25, 0.3) is 0 Å². The number of benzene rings is 1. The first-order valence-electron chi connectivity index (χ1n) is 5.37. The first kappa shape index (κ1) is 11.8. The molecule has 2 atom stereocenters. The van der Waals surface area contributed by atoms with Gasteiger partial charge in [-0.3, -0.25) is 4.79 Å². The maximum absolute atomic E-state index is 11.0. The molecule has 0 radical (unpaired) electrons.